The Morgan fingerprint density at radius 3 is 2.80 bits per heavy atom. The SMILES string of the molecule is O=C(CSc1nc2ccccc2o1)N1CCn2c3c(c4cc(C5CCCCC5)ccc42)CCCC31. The summed E-state index contributed by atoms with van der Waals surface area (Å²) < 4.78 is 8.35. The van der Waals surface area contributed by atoms with E-state index in [1.165, 1.54) is 71.6 Å². The molecule has 5 nitrogen and oxygen atoms in total. The number of fused-ring (bicyclic) bond motifs is 4. The number of hydrogen-bond acceptors (Lipinski definition) is 4. The van der Waals surface area contributed by atoms with Gasteiger partial charge in [0.25, 0.3) is 5.22 Å². The molecule has 1 atom stereocenters. The molecule has 2 aromatic carbocycles. The van der Waals surface area contributed by atoms with E-state index in [1.807, 2.05) is 24.3 Å². The van der Waals surface area contributed by atoms with Crippen molar-refractivity contribution >= 4 is 39.7 Å². The zero-order chi connectivity index (χ0) is 23.4. The molecule has 35 heavy (non-hydrogen) atoms. The zero-order valence-electron chi connectivity index (χ0n) is 20.0. The van der Waals surface area contributed by atoms with Crippen LogP contribution in [0.4, 0.5) is 0 Å². The zero-order valence-corrected chi connectivity index (χ0v) is 20.9. The van der Waals surface area contributed by atoms with Crippen LogP contribution in [-0.2, 0) is 17.8 Å². The average Bonchev–Trinajstić information content (AvgIpc) is 3.48. The summed E-state index contributed by atoms with van der Waals surface area (Å²) >= 11 is 1.41. The number of para-hydroxylation sites is 2. The third kappa shape index (κ3) is 3.68. The predicted molar refractivity (Wildman–Crippen MR) is 140 cm³/mol. The average molecular weight is 486 g/mol. The van der Waals surface area contributed by atoms with Gasteiger partial charge in [-0.3, -0.25) is 4.79 Å². The van der Waals surface area contributed by atoms with Crippen LogP contribution in [0.1, 0.15) is 73.7 Å². The fourth-order valence-corrected chi connectivity index (χ4v) is 7.45. The van der Waals surface area contributed by atoms with Crippen LogP contribution in [-0.4, -0.2) is 32.7 Å². The first-order chi connectivity index (χ1) is 17.3. The molecular weight excluding hydrogens is 454 g/mol. The molecule has 0 spiro atoms. The lowest BCUT2D eigenvalue weighted by Crippen LogP contribution is -2.44. The van der Waals surface area contributed by atoms with Gasteiger partial charge in [-0.05, 0) is 73.4 Å². The summed E-state index contributed by atoms with van der Waals surface area (Å²) in [4.78, 5) is 20.1. The van der Waals surface area contributed by atoms with E-state index in [4.69, 9.17) is 4.42 Å². The molecule has 2 aromatic heterocycles. The van der Waals surface area contributed by atoms with Gasteiger partial charge in [0.05, 0.1) is 11.8 Å². The van der Waals surface area contributed by atoms with Gasteiger partial charge >= 0.3 is 0 Å². The minimum Gasteiger partial charge on any atom is -0.431 e. The normalized spacial score (nSPS) is 20.5. The number of carbonyl (C=O) groups excluding carboxylic acids is 1. The van der Waals surface area contributed by atoms with Crippen molar-refractivity contribution in [2.75, 3.05) is 12.3 Å². The summed E-state index contributed by atoms with van der Waals surface area (Å²) in [5.41, 5.74) is 7.41. The number of rotatable bonds is 4. The maximum Gasteiger partial charge on any atom is 0.257 e. The molecule has 3 heterocycles. The maximum atomic E-state index is 13.4. The van der Waals surface area contributed by atoms with Crippen molar-refractivity contribution in [1.29, 1.82) is 0 Å². The van der Waals surface area contributed by atoms with Gasteiger partial charge in [-0.2, -0.15) is 0 Å². The molecule has 1 unspecified atom stereocenters. The van der Waals surface area contributed by atoms with E-state index in [1.54, 1.807) is 0 Å². The van der Waals surface area contributed by atoms with Crippen molar-refractivity contribution in [1.82, 2.24) is 14.5 Å². The number of thioether (sulfide) groups is 1. The second-order valence-electron chi connectivity index (χ2n) is 10.4. The molecule has 1 fully saturated rings. The summed E-state index contributed by atoms with van der Waals surface area (Å²) in [5.74, 6) is 1.28. The van der Waals surface area contributed by atoms with Crippen LogP contribution in [0.5, 0.6) is 0 Å². The Morgan fingerprint density at radius 1 is 1.03 bits per heavy atom. The van der Waals surface area contributed by atoms with E-state index in [0.29, 0.717) is 11.0 Å². The summed E-state index contributed by atoms with van der Waals surface area (Å²) in [6, 6.07) is 15.2. The molecule has 0 bridgehead atoms. The van der Waals surface area contributed by atoms with E-state index in [0.717, 1.165) is 49.4 Å². The topological polar surface area (TPSA) is 51.3 Å². The van der Waals surface area contributed by atoms with Crippen molar-refractivity contribution in [3.05, 3.63) is 59.3 Å². The highest BCUT2D eigenvalue weighted by molar-refractivity contribution is 7.99. The van der Waals surface area contributed by atoms with Crippen LogP contribution >= 0.6 is 11.8 Å². The van der Waals surface area contributed by atoms with Gasteiger partial charge in [0, 0.05) is 29.7 Å². The molecule has 1 saturated carbocycles. The van der Waals surface area contributed by atoms with Crippen molar-refractivity contribution in [3.63, 3.8) is 0 Å². The largest absolute Gasteiger partial charge is 0.431 e. The molecule has 2 aliphatic carbocycles. The van der Waals surface area contributed by atoms with Gasteiger partial charge in [0.15, 0.2) is 5.58 Å². The van der Waals surface area contributed by atoms with E-state index in [9.17, 15) is 4.79 Å². The fraction of sp³-hybridized carbons (Fsp3) is 0.448. The smallest absolute Gasteiger partial charge is 0.257 e. The third-order valence-corrected chi connectivity index (χ3v) is 9.20. The minimum atomic E-state index is 0.189. The van der Waals surface area contributed by atoms with E-state index < -0.39 is 0 Å². The maximum absolute atomic E-state index is 13.4. The monoisotopic (exact) mass is 485 g/mol. The molecule has 0 saturated heterocycles. The number of aromatic nitrogens is 2. The number of aryl methyl sites for hydroxylation is 1. The Labute approximate surface area is 209 Å². The molecule has 6 heteroatoms. The molecule has 1 amide bonds. The van der Waals surface area contributed by atoms with Crippen molar-refractivity contribution < 1.29 is 9.21 Å². The number of benzene rings is 2. The van der Waals surface area contributed by atoms with Crippen molar-refractivity contribution in [3.8, 4) is 0 Å². The van der Waals surface area contributed by atoms with E-state index in [-0.39, 0.29) is 11.9 Å². The molecule has 1 aliphatic heterocycles. The molecule has 0 radical (unpaired) electrons. The molecule has 4 aromatic rings. The first-order valence-electron chi connectivity index (χ1n) is 13.2. The number of carbonyl (C=O) groups is 1. The van der Waals surface area contributed by atoms with Gasteiger partial charge in [0.2, 0.25) is 5.91 Å². The molecule has 0 N–H and O–H groups in total. The van der Waals surface area contributed by atoms with Gasteiger partial charge in [0.1, 0.15) is 5.52 Å². The van der Waals surface area contributed by atoms with Gasteiger partial charge in [-0.25, -0.2) is 4.98 Å². The lowest BCUT2D eigenvalue weighted by molar-refractivity contribution is -0.132. The second kappa shape index (κ2) is 8.74. The predicted octanol–water partition coefficient (Wildman–Crippen LogP) is 6.84. The van der Waals surface area contributed by atoms with Gasteiger partial charge in [-0.1, -0.05) is 49.2 Å². The summed E-state index contributed by atoms with van der Waals surface area (Å²) in [5, 5.41) is 2.02. The second-order valence-corrected chi connectivity index (χ2v) is 11.3. The minimum absolute atomic E-state index is 0.189. The Bertz CT molecular complexity index is 1380. The Morgan fingerprint density at radius 2 is 1.91 bits per heavy atom. The van der Waals surface area contributed by atoms with Gasteiger partial charge < -0.3 is 13.9 Å². The summed E-state index contributed by atoms with van der Waals surface area (Å²) in [7, 11) is 0. The molecular formula is C29H31N3O2S. The van der Waals surface area contributed by atoms with Crippen LogP contribution in [0.25, 0.3) is 22.0 Å². The van der Waals surface area contributed by atoms with E-state index >= 15 is 0 Å². The first-order valence-corrected chi connectivity index (χ1v) is 14.2. The third-order valence-electron chi connectivity index (χ3n) is 8.39. The van der Waals surface area contributed by atoms with Gasteiger partial charge in [-0.15, -0.1) is 0 Å². The number of amides is 1. The first kappa shape index (κ1) is 21.5. The highest BCUT2D eigenvalue weighted by Gasteiger charge is 2.37. The number of nitrogens with zero attached hydrogens (tertiary/aromatic N) is 3. The molecule has 180 valence electrons. The summed E-state index contributed by atoms with van der Waals surface area (Å²) in [6.07, 6.45) is 10.1. The van der Waals surface area contributed by atoms with Crippen LogP contribution in [0, 0.1) is 0 Å². The Hall–Kier alpha value is -2.73. The van der Waals surface area contributed by atoms with Crippen LogP contribution in [0.2, 0.25) is 0 Å². The molecule has 3 aliphatic rings. The number of oxazole rings is 1. The van der Waals surface area contributed by atoms with E-state index in [2.05, 4.69) is 32.7 Å². The molecule has 7 rings (SSSR count). The van der Waals surface area contributed by atoms with Crippen molar-refractivity contribution in [2.45, 2.75) is 75.1 Å². The van der Waals surface area contributed by atoms with Crippen LogP contribution < -0.4 is 0 Å². The summed E-state index contributed by atoms with van der Waals surface area (Å²) in [6.45, 7) is 1.66. The van der Waals surface area contributed by atoms with Crippen LogP contribution in [0.15, 0.2) is 52.1 Å². The Balaban J connectivity index is 1.15. The highest BCUT2D eigenvalue weighted by atomic mass is 32.2. The van der Waals surface area contributed by atoms with Crippen LogP contribution in [0.3, 0.4) is 0 Å². The standard InChI is InChI=1S/C29H31N3O2S/c33-27(18-35-29-30-23-10-4-5-12-26(23)34-29)31-15-16-32-24-14-13-20(19-7-2-1-3-8-19)17-22(24)21-9-6-11-25(31)28(21)32/h4-5,10,12-14,17,19,25H,1-3,6-9,11,15-16,18H2. The Kier molecular flexibility index (Phi) is 5.38. The fourth-order valence-electron chi connectivity index (χ4n) is 6.73. The quantitative estimate of drug-likeness (QED) is 0.297. The van der Waals surface area contributed by atoms with Crippen molar-refractivity contribution in [2.24, 2.45) is 0 Å². The lowest BCUT2D eigenvalue weighted by Gasteiger charge is -2.40. The highest BCUT2D eigenvalue weighted by Crippen LogP contribution is 2.44. The lowest BCUT2D eigenvalue weighted by atomic mass is 9.83. The number of hydrogen-bond donors (Lipinski definition) is 0.